The average molecular weight is 1080 g/mol. The second kappa shape index (κ2) is 65.1. The van der Waals surface area contributed by atoms with Crippen molar-refractivity contribution in [1.29, 1.82) is 0 Å². The van der Waals surface area contributed by atoms with Crippen LogP contribution in [0.3, 0.4) is 0 Å². The number of carbonyl (C=O) groups excluding carboxylic acids is 3. The van der Waals surface area contributed by atoms with E-state index in [1.54, 1.807) is 0 Å². The second-order valence-corrected chi connectivity index (χ2v) is 20.9. The van der Waals surface area contributed by atoms with E-state index in [-0.39, 0.29) is 31.1 Å². The molecule has 1 atom stereocenters. The van der Waals surface area contributed by atoms with Crippen LogP contribution in [0.25, 0.3) is 0 Å². The third-order valence-corrected chi connectivity index (χ3v) is 13.4. The van der Waals surface area contributed by atoms with Gasteiger partial charge in [-0.2, -0.15) is 0 Å². The van der Waals surface area contributed by atoms with Gasteiger partial charge < -0.3 is 14.2 Å². The van der Waals surface area contributed by atoms with Gasteiger partial charge in [0.15, 0.2) is 6.10 Å². The fourth-order valence-electron chi connectivity index (χ4n) is 8.54. The summed E-state index contributed by atoms with van der Waals surface area (Å²) in [6.45, 7) is 6.46. The molecule has 6 heteroatoms. The van der Waals surface area contributed by atoms with Crippen molar-refractivity contribution in [3.8, 4) is 0 Å². The first-order valence-corrected chi connectivity index (χ1v) is 32.2. The quantitative estimate of drug-likeness (QED) is 0.0261. The smallest absolute Gasteiger partial charge is 0.306 e. The van der Waals surface area contributed by atoms with Gasteiger partial charge in [0.1, 0.15) is 13.2 Å². The summed E-state index contributed by atoms with van der Waals surface area (Å²) in [7, 11) is 0. The van der Waals surface area contributed by atoms with Crippen molar-refractivity contribution < 1.29 is 28.6 Å². The molecule has 442 valence electrons. The fraction of sp³-hybridized carbons (Fsp3) is 0.653. The lowest BCUT2D eigenvalue weighted by molar-refractivity contribution is -0.167. The van der Waals surface area contributed by atoms with Gasteiger partial charge in [-0.05, 0) is 141 Å². The maximum Gasteiger partial charge on any atom is 0.306 e. The normalized spacial score (nSPS) is 13.0. The molecular formula is C72H118O6. The molecular weight excluding hydrogens is 961 g/mol. The zero-order valence-corrected chi connectivity index (χ0v) is 50.6. The van der Waals surface area contributed by atoms with E-state index in [4.69, 9.17) is 14.2 Å². The molecule has 0 saturated heterocycles. The molecule has 0 aromatic carbocycles. The summed E-state index contributed by atoms with van der Waals surface area (Å²) in [4.78, 5) is 38.2. The van der Waals surface area contributed by atoms with Crippen LogP contribution < -0.4 is 0 Å². The highest BCUT2D eigenvalue weighted by Crippen LogP contribution is 2.14. The van der Waals surface area contributed by atoms with Gasteiger partial charge in [-0.3, -0.25) is 14.4 Å². The molecule has 78 heavy (non-hydrogen) atoms. The Hall–Kier alpha value is -4.45. The molecule has 0 aromatic rings. The topological polar surface area (TPSA) is 78.9 Å². The molecule has 0 saturated carbocycles. The first-order valence-electron chi connectivity index (χ1n) is 32.2. The molecule has 0 bridgehead atoms. The van der Waals surface area contributed by atoms with Crippen molar-refractivity contribution in [2.45, 2.75) is 290 Å². The molecule has 0 aromatic heterocycles. The third-order valence-electron chi connectivity index (χ3n) is 13.4. The SMILES string of the molecule is CC/C=C\C/C=C\C/C=C\C/C=C\C/C=C\C/C=C\C/C=C\C/C=C\C/C=C\CCCCCC(=O)OCC(COC(=O)CCCCCCC/C=C\CCCCC)OC(=O)CCCCCCCCC/C=C\CCCCCCCC. The van der Waals surface area contributed by atoms with Gasteiger partial charge in [0.2, 0.25) is 0 Å². The summed E-state index contributed by atoms with van der Waals surface area (Å²) in [6, 6.07) is 0. The van der Waals surface area contributed by atoms with Crippen LogP contribution in [0.4, 0.5) is 0 Å². The van der Waals surface area contributed by atoms with E-state index in [0.717, 1.165) is 135 Å². The molecule has 6 nitrogen and oxygen atoms in total. The first-order chi connectivity index (χ1) is 38.5. The number of hydrogen-bond acceptors (Lipinski definition) is 6. The number of hydrogen-bond donors (Lipinski definition) is 0. The van der Waals surface area contributed by atoms with Crippen LogP contribution in [0, 0.1) is 0 Å². The van der Waals surface area contributed by atoms with E-state index in [1.807, 2.05) is 0 Å². The van der Waals surface area contributed by atoms with Gasteiger partial charge in [0.05, 0.1) is 0 Å². The van der Waals surface area contributed by atoms with Gasteiger partial charge in [0.25, 0.3) is 0 Å². The van der Waals surface area contributed by atoms with Gasteiger partial charge in [-0.15, -0.1) is 0 Å². The molecule has 0 aliphatic rings. The van der Waals surface area contributed by atoms with Crippen molar-refractivity contribution in [1.82, 2.24) is 0 Å². The minimum Gasteiger partial charge on any atom is -0.462 e. The summed E-state index contributed by atoms with van der Waals surface area (Å²) in [5.41, 5.74) is 0. The molecule has 0 spiro atoms. The lowest BCUT2D eigenvalue weighted by Gasteiger charge is -2.18. The Balaban J connectivity index is 4.38. The van der Waals surface area contributed by atoms with E-state index in [0.29, 0.717) is 19.3 Å². The lowest BCUT2D eigenvalue weighted by Crippen LogP contribution is -2.30. The number of esters is 3. The van der Waals surface area contributed by atoms with Crippen molar-refractivity contribution in [2.75, 3.05) is 13.2 Å². The Labute approximate surface area is 481 Å². The second-order valence-electron chi connectivity index (χ2n) is 20.9. The molecule has 1 unspecified atom stereocenters. The maximum atomic E-state index is 12.9. The monoisotopic (exact) mass is 1080 g/mol. The van der Waals surface area contributed by atoms with Gasteiger partial charge in [0, 0.05) is 19.3 Å². The lowest BCUT2D eigenvalue weighted by atomic mass is 10.1. The highest BCUT2D eigenvalue weighted by atomic mass is 16.6. The molecule has 0 N–H and O–H groups in total. The molecule has 0 aliphatic carbocycles. The number of unbranched alkanes of at least 4 members (excludes halogenated alkanes) is 24. The molecule has 0 rings (SSSR count). The minimum atomic E-state index is -0.802. The van der Waals surface area contributed by atoms with E-state index >= 15 is 0 Å². The highest BCUT2D eigenvalue weighted by molar-refractivity contribution is 5.71. The van der Waals surface area contributed by atoms with Crippen molar-refractivity contribution in [2.24, 2.45) is 0 Å². The Kier molecular flexibility index (Phi) is 61.4. The molecule has 0 aliphatic heterocycles. The van der Waals surface area contributed by atoms with Crippen LogP contribution in [0.1, 0.15) is 284 Å². The maximum absolute atomic E-state index is 12.9. The Bertz CT molecular complexity index is 1670. The number of carbonyl (C=O) groups is 3. The summed E-state index contributed by atoms with van der Waals surface area (Å²) < 4.78 is 16.9. The van der Waals surface area contributed by atoms with E-state index in [1.165, 1.54) is 109 Å². The zero-order chi connectivity index (χ0) is 56.4. The largest absolute Gasteiger partial charge is 0.462 e. The Morgan fingerprint density at radius 3 is 0.833 bits per heavy atom. The molecule has 0 radical (unpaired) electrons. The fourth-order valence-corrected chi connectivity index (χ4v) is 8.54. The predicted octanol–water partition coefficient (Wildman–Crippen LogP) is 22.2. The summed E-state index contributed by atoms with van der Waals surface area (Å²) >= 11 is 0. The Morgan fingerprint density at radius 1 is 0.269 bits per heavy atom. The van der Waals surface area contributed by atoms with Crippen LogP contribution >= 0.6 is 0 Å². The van der Waals surface area contributed by atoms with Gasteiger partial charge >= 0.3 is 17.9 Å². The van der Waals surface area contributed by atoms with E-state index in [9.17, 15) is 14.4 Å². The first kappa shape index (κ1) is 73.5. The van der Waals surface area contributed by atoms with Crippen LogP contribution in [-0.4, -0.2) is 37.2 Å². The summed E-state index contributed by atoms with van der Waals surface area (Å²) in [5.74, 6) is -0.943. The Morgan fingerprint density at radius 2 is 0.500 bits per heavy atom. The van der Waals surface area contributed by atoms with Gasteiger partial charge in [-0.1, -0.05) is 257 Å². The van der Waals surface area contributed by atoms with E-state index < -0.39 is 6.10 Å². The van der Waals surface area contributed by atoms with Crippen LogP contribution in [0.2, 0.25) is 0 Å². The summed E-state index contributed by atoms with van der Waals surface area (Å²) in [6.07, 6.45) is 91.7. The molecule has 0 amide bonds. The molecule has 0 fully saturated rings. The average Bonchev–Trinajstić information content (AvgIpc) is 3.44. The number of rotatable bonds is 57. The number of ether oxygens (including phenoxy) is 3. The van der Waals surface area contributed by atoms with Crippen LogP contribution in [-0.2, 0) is 28.6 Å². The van der Waals surface area contributed by atoms with Crippen molar-refractivity contribution >= 4 is 17.9 Å². The van der Waals surface area contributed by atoms with Crippen molar-refractivity contribution in [3.05, 3.63) is 134 Å². The minimum absolute atomic E-state index is 0.0972. The van der Waals surface area contributed by atoms with Crippen LogP contribution in [0.15, 0.2) is 134 Å². The van der Waals surface area contributed by atoms with Crippen LogP contribution in [0.5, 0.6) is 0 Å². The predicted molar refractivity (Wildman–Crippen MR) is 339 cm³/mol. The summed E-state index contributed by atoms with van der Waals surface area (Å²) in [5, 5.41) is 0. The number of allylic oxidation sites excluding steroid dienone is 22. The third kappa shape index (κ3) is 62.4. The molecule has 0 heterocycles. The van der Waals surface area contributed by atoms with E-state index in [2.05, 4.69) is 154 Å². The standard InChI is InChI=1S/C72H118O6/c1-4-7-10-13-16-19-22-25-27-29-30-31-32-33-34-35-36-37-38-39-40-41-42-44-45-47-50-53-56-59-62-65-71(74)77-68-69(67-76-70(73)64-61-58-55-52-49-24-21-18-15-12-9-6-3)78-72(75)66-63-60-57-54-51-48-46-43-28-26-23-20-17-14-11-8-5-2/h7,10,16,18-19,21,25-28,30-31,33-34,36-37,39-40,42,44,47,50,69H,4-6,8-9,11-15,17,20,22-24,29,32,35,38,41,43,45-46,48-49,51-68H2,1-3H3/b10-7-,19-16-,21-18-,27-25-,28-26-,31-30-,34-33-,37-36-,40-39-,44-42-,50-47-. The van der Waals surface area contributed by atoms with Crippen molar-refractivity contribution in [3.63, 3.8) is 0 Å². The van der Waals surface area contributed by atoms with Gasteiger partial charge in [-0.25, -0.2) is 0 Å². The highest BCUT2D eigenvalue weighted by Gasteiger charge is 2.19. The zero-order valence-electron chi connectivity index (χ0n) is 50.6.